The zero-order chi connectivity index (χ0) is 43.2. The Bertz CT molecular complexity index is 4610. The second-order valence-electron chi connectivity index (χ2n) is 17.6. The van der Waals surface area contributed by atoms with Crippen LogP contribution < -0.4 is 5.43 Å². The van der Waals surface area contributed by atoms with Crippen LogP contribution in [0, 0.1) is 0 Å². The molecule has 66 heavy (non-hydrogen) atoms. The molecule has 10 aromatic carbocycles. The van der Waals surface area contributed by atoms with Crippen LogP contribution in [0.2, 0.25) is 0 Å². The van der Waals surface area contributed by atoms with E-state index in [4.69, 9.17) is 4.42 Å². The van der Waals surface area contributed by atoms with E-state index in [1.54, 1.807) is 0 Å². The van der Waals surface area contributed by atoms with Gasteiger partial charge in [0.25, 0.3) is 0 Å². The molecule has 3 nitrogen and oxygen atoms in total. The van der Waals surface area contributed by atoms with Crippen molar-refractivity contribution in [3.63, 3.8) is 0 Å². The van der Waals surface area contributed by atoms with Crippen molar-refractivity contribution in [2.75, 3.05) is 0 Å². The van der Waals surface area contributed by atoms with Gasteiger partial charge in [-0.05, 0) is 129 Å². The summed E-state index contributed by atoms with van der Waals surface area (Å²) in [6, 6.07) is 71.8. The van der Waals surface area contributed by atoms with Crippen LogP contribution in [0.3, 0.4) is 0 Å². The van der Waals surface area contributed by atoms with Crippen LogP contribution in [0.5, 0.6) is 0 Å². The van der Waals surface area contributed by atoms with E-state index >= 15 is 0 Å². The maximum absolute atomic E-state index is 14.5. The summed E-state index contributed by atoms with van der Waals surface area (Å²) >= 11 is 3.63. The number of hydrogen-bond donors (Lipinski definition) is 0. The van der Waals surface area contributed by atoms with Crippen LogP contribution in [-0.2, 0) is 0 Å². The molecule has 0 saturated heterocycles. The highest BCUT2D eigenvalue weighted by Crippen LogP contribution is 2.43. The van der Waals surface area contributed by atoms with E-state index in [1.807, 2.05) is 46.9 Å². The fourth-order valence-corrected chi connectivity index (χ4v) is 12.9. The predicted molar refractivity (Wildman–Crippen MR) is 282 cm³/mol. The normalized spacial score (nSPS) is 12.3. The molecular formula is C61H33NO2S2. The molecule has 0 spiro atoms. The first-order valence-corrected chi connectivity index (χ1v) is 23.9. The van der Waals surface area contributed by atoms with Gasteiger partial charge >= 0.3 is 0 Å². The fraction of sp³-hybridized carbons (Fsp3) is 0. The van der Waals surface area contributed by atoms with Crippen molar-refractivity contribution in [3.8, 4) is 44.5 Å². The molecule has 0 unspecified atom stereocenters. The monoisotopic (exact) mass is 875 g/mol. The Morgan fingerprint density at radius 1 is 0.303 bits per heavy atom. The summed E-state index contributed by atoms with van der Waals surface area (Å²) in [6.07, 6.45) is 0. The molecule has 15 aromatic rings. The van der Waals surface area contributed by atoms with Gasteiger partial charge in [-0.2, -0.15) is 0 Å². The minimum atomic E-state index is -0.0256. The molecule has 0 aliphatic rings. The molecule has 0 amide bonds. The average molecular weight is 876 g/mol. The molecule has 0 saturated carbocycles. The van der Waals surface area contributed by atoms with Gasteiger partial charge in [0.05, 0.1) is 27.3 Å². The van der Waals surface area contributed by atoms with E-state index in [2.05, 4.69) is 180 Å². The molecule has 15 rings (SSSR count). The number of thiophene rings is 2. The molecule has 0 fully saturated rings. The largest absolute Gasteiger partial charge is 0.456 e. The zero-order valence-electron chi connectivity index (χ0n) is 35.1. The van der Waals surface area contributed by atoms with Crippen LogP contribution in [0.25, 0.3) is 145 Å². The van der Waals surface area contributed by atoms with Gasteiger partial charge in [0.1, 0.15) is 11.2 Å². The van der Waals surface area contributed by atoms with Crippen LogP contribution in [0.15, 0.2) is 209 Å². The minimum absolute atomic E-state index is 0.0256. The van der Waals surface area contributed by atoms with E-state index in [9.17, 15) is 4.79 Å². The molecule has 0 aliphatic carbocycles. The highest BCUT2D eigenvalue weighted by atomic mass is 32.1. The molecule has 5 heteroatoms. The quantitative estimate of drug-likeness (QED) is 0.165. The third-order valence-corrected chi connectivity index (χ3v) is 16.2. The van der Waals surface area contributed by atoms with E-state index in [0.29, 0.717) is 21.9 Å². The molecule has 0 bridgehead atoms. The topological polar surface area (TPSA) is 34.6 Å². The molecule has 0 radical (unpaired) electrons. The Morgan fingerprint density at radius 3 is 1.26 bits per heavy atom. The lowest BCUT2D eigenvalue weighted by molar-refractivity contribution is 0.660. The van der Waals surface area contributed by atoms with Gasteiger partial charge in [-0.3, -0.25) is 4.79 Å². The van der Waals surface area contributed by atoms with E-state index in [1.165, 1.54) is 101 Å². The molecule has 5 aromatic heterocycles. The Balaban J connectivity index is 0.812. The molecule has 0 atom stereocenters. The highest BCUT2D eigenvalue weighted by Gasteiger charge is 2.19. The number of rotatable bonds is 4. The third kappa shape index (κ3) is 5.21. The Morgan fingerprint density at radius 2 is 0.712 bits per heavy atom. The summed E-state index contributed by atoms with van der Waals surface area (Å²) in [5.41, 5.74) is 13.8. The zero-order valence-corrected chi connectivity index (χ0v) is 36.8. The average Bonchev–Trinajstić information content (AvgIpc) is 4.13. The van der Waals surface area contributed by atoms with Gasteiger partial charge in [-0.25, -0.2) is 0 Å². The van der Waals surface area contributed by atoms with Gasteiger partial charge < -0.3 is 8.82 Å². The number of benzene rings is 10. The molecule has 0 aliphatic heterocycles. The standard InChI is InChI=1S/C61H33NO2S2/c63-61-50-31-36(38-17-24-57-47(28-38)46-27-35(16-23-56(46)65-57)34-7-2-1-3-8-34)14-21-54(50)64-55-22-15-37(32-51(55)61)39-18-25-58-48(29-39)49-30-40(19-26-59(49)66-58)41-13-20-43-45-11-6-10-44-42-9-4-5-12-52(42)62(60(44)45)53(43)33-41/h1-33H. The molecule has 5 heterocycles. The SMILES string of the molecule is O=c1c2cc(-c3ccc4sc5ccc(-c6ccccc6)cc5c4c3)ccc2oc2ccc(-c3ccc4sc5ccc(-c6ccc7c8cccc9c%10ccccc%10n(c7c6)c98)cc5c4c3)cc12. The Kier molecular flexibility index (Phi) is 7.40. The third-order valence-electron chi connectivity index (χ3n) is 13.9. The van der Waals surface area contributed by atoms with Gasteiger partial charge in [0, 0.05) is 61.9 Å². The van der Waals surface area contributed by atoms with Gasteiger partial charge in [-0.15, -0.1) is 22.7 Å². The van der Waals surface area contributed by atoms with Crippen LogP contribution in [0.4, 0.5) is 0 Å². The molecule has 0 N–H and O–H groups in total. The van der Waals surface area contributed by atoms with Crippen molar-refractivity contribution < 1.29 is 4.42 Å². The maximum atomic E-state index is 14.5. The van der Waals surface area contributed by atoms with Crippen molar-refractivity contribution in [3.05, 3.63) is 210 Å². The van der Waals surface area contributed by atoms with Gasteiger partial charge in [0.2, 0.25) is 5.43 Å². The second-order valence-corrected chi connectivity index (χ2v) is 19.7. The van der Waals surface area contributed by atoms with Crippen LogP contribution in [-0.4, -0.2) is 4.40 Å². The fourth-order valence-electron chi connectivity index (χ4n) is 10.7. The number of fused-ring (bicyclic) bond motifs is 14. The second kappa shape index (κ2) is 13.5. The number of nitrogens with zero attached hydrogens (tertiary/aromatic N) is 1. The maximum Gasteiger partial charge on any atom is 0.200 e. The number of aromatic nitrogens is 1. The smallest absolute Gasteiger partial charge is 0.200 e. The Labute approximate surface area is 384 Å². The summed E-state index contributed by atoms with van der Waals surface area (Å²) < 4.78 is 13.9. The number of para-hydroxylation sites is 2. The van der Waals surface area contributed by atoms with Crippen LogP contribution in [0.1, 0.15) is 0 Å². The molecule has 306 valence electrons. The van der Waals surface area contributed by atoms with Crippen molar-refractivity contribution in [1.29, 1.82) is 0 Å². The first-order chi connectivity index (χ1) is 32.6. The minimum Gasteiger partial charge on any atom is -0.456 e. The lowest BCUT2D eigenvalue weighted by Gasteiger charge is -2.08. The van der Waals surface area contributed by atoms with E-state index in [-0.39, 0.29) is 5.43 Å². The first-order valence-electron chi connectivity index (χ1n) is 22.2. The van der Waals surface area contributed by atoms with Crippen molar-refractivity contribution in [1.82, 2.24) is 4.40 Å². The van der Waals surface area contributed by atoms with Crippen molar-refractivity contribution >= 4 is 123 Å². The summed E-state index contributed by atoms with van der Waals surface area (Å²) in [5, 5.41) is 11.2. The van der Waals surface area contributed by atoms with Gasteiger partial charge in [0.15, 0.2) is 0 Å². The summed E-state index contributed by atoms with van der Waals surface area (Å²) in [6.45, 7) is 0. The lowest BCUT2D eigenvalue weighted by atomic mass is 9.98. The lowest BCUT2D eigenvalue weighted by Crippen LogP contribution is -2.02. The van der Waals surface area contributed by atoms with Crippen molar-refractivity contribution in [2.45, 2.75) is 0 Å². The predicted octanol–water partition coefficient (Wildman–Crippen LogP) is 17.5. The van der Waals surface area contributed by atoms with E-state index < -0.39 is 0 Å². The number of hydrogen-bond acceptors (Lipinski definition) is 4. The summed E-state index contributed by atoms with van der Waals surface area (Å²) in [5.74, 6) is 0. The molecular weight excluding hydrogens is 843 g/mol. The summed E-state index contributed by atoms with van der Waals surface area (Å²) in [4.78, 5) is 14.5. The van der Waals surface area contributed by atoms with E-state index in [0.717, 1.165) is 22.3 Å². The highest BCUT2D eigenvalue weighted by molar-refractivity contribution is 7.26. The van der Waals surface area contributed by atoms with Crippen molar-refractivity contribution in [2.24, 2.45) is 0 Å². The Hall–Kier alpha value is -8.09. The first kappa shape index (κ1) is 36.3. The summed E-state index contributed by atoms with van der Waals surface area (Å²) in [7, 11) is 0. The van der Waals surface area contributed by atoms with Crippen LogP contribution >= 0.6 is 22.7 Å². The van der Waals surface area contributed by atoms with Gasteiger partial charge in [-0.1, -0.05) is 115 Å².